The van der Waals surface area contributed by atoms with E-state index in [1.54, 1.807) is 35.8 Å². The van der Waals surface area contributed by atoms with Crippen molar-refractivity contribution in [2.45, 2.75) is 35.0 Å². The molecule has 4 nitrogen and oxygen atoms in total. The molecule has 0 atom stereocenters. The number of hydrogen-bond donors (Lipinski definition) is 0. The van der Waals surface area contributed by atoms with Crippen molar-refractivity contribution in [3.8, 4) is 0 Å². The van der Waals surface area contributed by atoms with Gasteiger partial charge in [0.2, 0.25) is 5.91 Å². The molecule has 0 aliphatic rings. The van der Waals surface area contributed by atoms with Crippen LogP contribution < -0.4 is 0 Å². The lowest BCUT2D eigenvalue weighted by molar-refractivity contribution is -0.127. The fraction of sp³-hybridized carbons (Fsp3) is 0.438. The Labute approximate surface area is 154 Å². The summed E-state index contributed by atoms with van der Waals surface area (Å²) in [4.78, 5) is 13.8. The Morgan fingerprint density at radius 2 is 1.88 bits per heavy atom. The summed E-state index contributed by atoms with van der Waals surface area (Å²) in [7, 11) is 1.75. The van der Waals surface area contributed by atoms with Crippen LogP contribution in [0.5, 0.6) is 0 Å². The first-order chi connectivity index (χ1) is 11.6. The standard InChI is InChI=1S/C16H20FN3OS3/c1-3-4-9-22-15-18-19-16(24-15)23-11-14(21)20(2)10-12-5-7-13(17)8-6-12/h5-8H,3-4,9-11H2,1-2H3. The van der Waals surface area contributed by atoms with Crippen LogP contribution in [0.1, 0.15) is 25.3 Å². The monoisotopic (exact) mass is 385 g/mol. The van der Waals surface area contributed by atoms with E-state index in [-0.39, 0.29) is 11.7 Å². The fourth-order valence-corrected chi connectivity index (χ4v) is 4.92. The van der Waals surface area contributed by atoms with Gasteiger partial charge in [0.15, 0.2) is 8.68 Å². The lowest BCUT2D eigenvalue weighted by Crippen LogP contribution is -2.27. The van der Waals surface area contributed by atoms with E-state index >= 15 is 0 Å². The van der Waals surface area contributed by atoms with Gasteiger partial charge in [0, 0.05) is 19.3 Å². The van der Waals surface area contributed by atoms with E-state index in [0.29, 0.717) is 12.3 Å². The molecule has 2 aromatic rings. The lowest BCUT2D eigenvalue weighted by Gasteiger charge is -2.16. The van der Waals surface area contributed by atoms with E-state index in [1.807, 2.05) is 0 Å². The molecule has 1 heterocycles. The number of amides is 1. The zero-order valence-corrected chi connectivity index (χ0v) is 16.1. The van der Waals surface area contributed by atoms with Crippen LogP contribution in [0.2, 0.25) is 0 Å². The molecular formula is C16H20FN3OS3. The maximum atomic E-state index is 12.9. The van der Waals surface area contributed by atoms with E-state index in [0.717, 1.165) is 20.0 Å². The molecule has 0 radical (unpaired) electrons. The molecule has 0 aliphatic heterocycles. The van der Waals surface area contributed by atoms with Crippen LogP contribution in [0, 0.1) is 5.82 Å². The SMILES string of the molecule is CCCCSc1nnc(SCC(=O)N(C)Cc2ccc(F)cc2)s1. The Hall–Kier alpha value is -1.12. The zero-order chi connectivity index (χ0) is 17.4. The number of unbranched alkanes of at least 4 members (excludes halogenated alkanes) is 1. The minimum atomic E-state index is -0.271. The number of thioether (sulfide) groups is 2. The maximum absolute atomic E-state index is 12.9. The molecular weight excluding hydrogens is 365 g/mol. The molecule has 2 rings (SSSR count). The van der Waals surface area contributed by atoms with Crippen LogP contribution in [-0.2, 0) is 11.3 Å². The van der Waals surface area contributed by atoms with Gasteiger partial charge in [0.25, 0.3) is 0 Å². The van der Waals surface area contributed by atoms with Crippen LogP contribution in [-0.4, -0.2) is 39.6 Å². The molecule has 0 saturated carbocycles. The van der Waals surface area contributed by atoms with E-state index in [1.165, 1.54) is 48.1 Å². The number of halogens is 1. The molecule has 0 unspecified atom stereocenters. The number of nitrogens with zero attached hydrogens (tertiary/aromatic N) is 3. The van der Waals surface area contributed by atoms with Crippen molar-refractivity contribution in [1.29, 1.82) is 0 Å². The van der Waals surface area contributed by atoms with Crippen molar-refractivity contribution in [2.24, 2.45) is 0 Å². The number of benzene rings is 1. The smallest absolute Gasteiger partial charge is 0.233 e. The van der Waals surface area contributed by atoms with Gasteiger partial charge in [-0.15, -0.1) is 10.2 Å². The largest absolute Gasteiger partial charge is 0.341 e. The van der Waals surface area contributed by atoms with Crippen molar-refractivity contribution < 1.29 is 9.18 Å². The average Bonchev–Trinajstić information content (AvgIpc) is 3.03. The summed E-state index contributed by atoms with van der Waals surface area (Å²) >= 11 is 4.66. The Balaban J connectivity index is 1.76. The summed E-state index contributed by atoms with van der Waals surface area (Å²) in [6, 6.07) is 6.19. The molecule has 0 spiro atoms. The van der Waals surface area contributed by atoms with Crippen LogP contribution in [0.15, 0.2) is 32.9 Å². The maximum Gasteiger partial charge on any atom is 0.233 e. The van der Waals surface area contributed by atoms with Crippen LogP contribution in [0.25, 0.3) is 0 Å². The normalized spacial score (nSPS) is 10.8. The minimum Gasteiger partial charge on any atom is -0.341 e. The summed E-state index contributed by atoms with van der Waals surface area (Å²) < 4.78 is 14.7. The topological polar surface area (TPSA) is 46.1 Å². The predicted molar refractivity (Wildman–Crippen MR) is 99.1 cm³/mol. The van der Waals surface area contributed by atoms with Gasteiger partial charge in [0.1, 0.15) is 5.82 Å². The highest BCUT2D eigenvalue weighted by Gasteiger charge is 2.12. The number of aromatic nitrogens is 2. The molecule has 1 amide bonds. The van der Waals surface area contributed by atoms with Crippen molar-refractivity contribution >= 4 is 40.8 Å². The van der Waals surface area contributed by atoms with Gasteiger partial charge in [-0.25, -0.2) is 4.39 Å². The highest BCUT2D eigenvalue weighted by molar-refractivity contribution is 8.03. The van der Waals surface area contributed by atoms with Crippen LogP contribution in [0.4, 0.5) is 4.39 Å². The predicted octanol–water partition coefficient (Wildman–Crippen LogP) is 4.32. The average molecular weight is 386 g/mol. The van der Waals surface area contributed by atoms with E-state index in [4.69, 9.17) is 0 Å². The fourth-order valence-electron chi connectivity index (χ4n) is 1.80. The van der Waals surface area contributed by atoms with Gasteiger partial charge in [-0.2, -0.15) is 0 Å². The number of carbonyl (C=O) groups is 1. The lowest BCUT2D eigenvalue weighted by atomic mass is 10.2. The summed E-state index contributed by atoms with van der Waals surface area (Å²) in [5.41, 5.74) is 0.905. The van der Waals surface area contributed by atoms with E-state index < -0.39 is 0 Å². The second-order valence-corrected chi connectivity index (χ2v) is 8.74. The van der Waals surface area contributed by atoms with Gasteiger partial charge in [-0.3, -0.25) is 4.79 Å². The second-order valence-electron chi connectivity index (χ2n) is 5.20. The van der Waals surface area contributed by atoms with Crippen LogP contribution >= 0.6 is 34.9 Å². The molecule has 1 aromatic carbocycles. The van der Waals surface area contributed by atoms with Gasteiger partial charge >= 0.3 is 0 Å². The quantitative estimate of drug-likeness (QED) is 0.475. The third kappa shape index (κ3) is 6.41. The number of carbonyl (C=O) groups excluding carboxylic acids is 1. The molecule has 1 aromatic heterocycles. The third-order valence-electron chi connectivity index (χ3n) is 3.19. The van der Waals surface area contributed by atoms with Crippen molar-refractivity contribution in [3.63, 3.8) is 0 Å². The summed E-state index contributed by atoms with van der Waals surface area (Å²) in [6.07, 6.45) is 2.34. The Morgan fingerprint density at radius 1 is 1.21 bits per heavy atom. The van der Waals surface area contributed by atoms with Crippen molar-refractivity contribution in [3.05, 3.63) is 35.6 Å². The highest BCUT2D eigenvalue weighted by Crippen LogP contribution is 2.29. The van der Waals surface area contributed by atoms with E-state index in [2.05, 4.69) is 17.1 Å². The summed E-state index contributed by atoms with van der Waals surface area (Å²) in [6.45, 7) is 2.63. The third-order valence-corrected chi connectivity index (χ3v) is 6.45. The molecule has 0 bridgehead atoms. The molecule has 0 saturated heterocycles. The highest BCUT2D eigenvalue weighted by atomic mass is 32.2. The summed E-state index contributed by atoms with van der Waals surface area (Å²) in [5.74, 6) is 1.12. The Bertz CT molecular complexity index is 648. The molecule has 0 aliphatic carbocycles. The molecule has 0 fully saturated rings. The van der Waals surface area contributed by atoms with Gasteiger partial charge in [-0.1, -0.05) is 60.3 Å². The Kier molecular flexibility index (Phi) is 8.01. The van der Waals surface area contributed by atoms with Crippen molar-refractivity contribution in [2.75, 3.05) is 18.6 Å². The van der Waals surface area contributed by atoms with E-state index in [9.17, 15) is 9.18 Å². The van der Waals surface area contributed by atoms with Crippen molar-refractivity contribution in [1.82, 2.24) is 15.1 Å². The van der Waals surface area contributed by atoms with Crippen LogP contribution in [0.3, 0.4) is 0 Å². The Morgan fingerprint density at radius 3 is 2.54 bits per heavy atom. The van der Waals surface area contributed by atoms with Gasteiger partial charge < -0.3 is 4.90 Å². The first kappa shape index (κ1) is 19.2. The zero-order valence-electron chi connectivity index (χ0n) is 13.7. The van der Waals surface area contributed by atoms with Gasteiger partial charge in [-0.05, 0) is 24.1 Å². The molecule has 130 valence electrons. The summed E-state index contributed by atoms with van der Waals surface area (Å²) in [5, 5.41) is 8.26. The van der Waals surface area contributed by atoms with Gasteiger partial charge in [0.05, 0.1) is 5.75 Å². The molecule has 0 N–H and O–H groups in total. The molecule has 8 heteroatoms. The minimum absolute atomic E-state index is 0.0136. The first-order valence-electron chi connectivity index (χ1n) is 7.66. The first-order valence-corrected chi connectivity index (χ1v) is 10.4. The number of hydrogen-bond acceptors (Lipinski definition) is 6. The second kappa shape index (κ2) is 10.0. The molecule has 24 heavy (non-hydrogen) atoms. The number of rotatable bonds is 9.